The van der Waals surface area contributed by atoms with Crippen LogP contribution in [0.15, 0.2) is 84.0 Å². The van der Waals surface area contributed by atoms with E-state index in [2.05, 4.69) is 81.1 Å². The van der Waals surface area contributed by atoms with Crippen molar-refractivity contribution in [1.29, 1.82) is 0 Å². The molecule has 21 heavy (non-hydrogen) atoms. The molecule has 0 fully saturated rings. The van der Waals surface area contributed by atoms with Gasteiger partial charge in [0.2, 0.25) is 0 Å². The summed E-state index contributed by atoms with van der Waals surface area (Å²) in [5.41, 5.74) is 6.09. The van der Waals surface area contributed by atoms with Crippen LogP contribution in [0.25, 0.3) is 12.2 Å². The van der Waals surface area contributed by atoms with E-state index in [1.807, 2.05) is 12.1 Å². The Morgan fingerprint density at radius 2 is 1.33 bits per heavy atom. The molecule has 0 radical (unpaired) electrons. The molecule has 0 heterocycles. The number of hydrogen-bond donors (Lipinski definition) is 0. The molecule has 0 aliphatic heterocycles. The summed E-state index contributed by atoms with van der Waals surface area (Å²) in [5.74, 6) is 0. The van der Waals surface area contributed by atoms with Crippen LogP contribution in [-0.2, 0) is 0 Å². The molecule has 0 amide bonds. The highest BCUT2D eigenvalue weighted by molar-refractivity contribution is 5.70. The smallest absolute Gasteiger partial charge is 0.0195 e. The van der Waals surface area contributed by atoms with E-state index in [1.165, 1.54) is 22.3 Å². The Morgan fingerprint density at radius 3 is 1.76 bits per heavy atom. The second-order valence-corrected chi connectivity index (χ2v) is 5.18. The molecule has 0 atom stereocenters. The lowest BCUT2D eigenvalue weighted by atomic mass is 9.94. The first-order valence-corrected chi connectivity index (χ1v) is 7.39. The highest BCUT2D eigenvalue weighted by Crippen LogP contribution is 2.25. The average Bonchev–Trinajstić information content (AvgIpc) is 2.52. The van der Waals surface area contributed by atoms with E-state index in [0.717, 1.165) is 12.0 Å². The predicted molar refractivity (Wildman–Crippen MR) is 93.9 cm³/mol. The van der Waals surface area contributed by atoms with Gasteiger partial charge in [-0.25, -0.2) is 0 Å². The topological polar surface area (TPSA) is 0 Å². The first-order chi connectivity index (χ1) is 10.2. The summed E-state index contributed by atoms with van der Waals surface area (Å²) in [5, 5.41) is 0. The van der Waals surface area contributed by atoms with Crippen LogP contribution >= 0.6 is 0 Å². The molecule has 0 spiro atoms. The van der Waals surface area contributed by atoms with Crippen LogP contribution in [-0.4, -0.2) is 0 Å². The summed E-state index contributed by atoms with van der Waals surface area (Å²) in [6.07, 6.45) is 5.46. The first-order valence-electron chi connectivity index (χ1n) is 7.39. The van der Waals surface area contributed by atoms with E-state index >= 15 is 0 Å². The molecule has 2 aromatic carbocycles. The Kier molecular flexibility index (Phi) is 5.34. The minimum Gasteiger partial charge on any atom is -0.0955 e. The molecular formula is C21H22. The molecule has 0 aliphatic rings. The van der Waals surface area contributed by atoms with Crippen molar-refractivity contribution in [3.05, 3.63) is 95.1 Å². The molecule has 0 nitrogen and oxygen atoms in total. The van der Waals surface area contributed by atoms with Crippen molar-refractivity contribution in [1.82, 2.24) is 0 Å². The lowest BCUT2D eigenvalue weighted by Gasteiger charge is -2.11. The Bertz CT molecular complexity index is 643. The maximum absolute atomic E-state index is 4.15. The number of benzene rings is 2. The molecule has 0 aromatic heterocycles. The Hall–Kier alpha value is -2.34. The summed E-state index contributed by atoms with van der Waals surface area (Å²) < 4.78 is 0. The third kappa shape index (κ3) is 4.32. The van der Waals surface area contributed by atoms with Crippen LogP contribution in [0.3, 0.4) is 0 Å². The van der Waals surface area contributed by atoms with E-state index in [4.69, 9.17) is 0 Å². The second kappa shape index (κ2) is 7.44. The van der Waals surface area contributed by atoms with Gasteiger partial charge in [0, 0.05) is 0 Å². The van der Waals surface area contributed by atoms with E-state index < -0.39 is 0 Å². The molecule has 2 rings (SSSR count). The fraction of sp³-hybridized carbons (Fsp3) is 0.143. The van der Waals surface area contributed by atoms with E-state index in [0.29, 0.717) is 0 Å². The van der Waals surface area contributed by atoms with Crippen LogP contribution in [0.4, 0.5) is 0 Å². The molecule has 0 N–H and O–H groups in total. The standard InChI is InChI=1S/C21H22/c1-4-20(15-18-11-7-5-8-12-18)21(17(2)3)16-19-13-9-6-10-14-19/h5-16H,2,4H2,1,3H3/b20-15+,21-16-. The van der Waals surface area contributed by atoms with Crippen LogP contribution in [0.1, 0.15) is 31.4 Å². The van der Waals surface area contributed by atoms with Gasteiger partial charge < -0.3 is 0 Å². The summed E-state index contributed by atoms with van der Waals surface area (Å²) in [6.45, 7) is 8.42. The molecule has 0 saturated heterocycles. The van der Waals surface area contributed by atoms with Gasteiger partial charge in [-0.15, -0.1) is 0 Å². The molecular weight excluding hydrogens is 252 g/mol. The molecule has 106 valence electrons. The van der Waals surface area contributed by atoms with Gasteiger partial charge in [-0.3, -0.25) is 0 Å². The number of allylic oxidation sites excluding steroid dienone is 3. The largest absolute Gasteiger partial charge is 0.0955 e. The zero-order chi connectivity index (χ0) is 15.1. The van der Waals surface area contributed by atoms with Crippen molar-refractivity contribution >= 4 is 12.2 Å². The van der Waals surface area contributed by atoms with Crippen molar-refractivity contribution in [2.24, 2.45) is 0 Å². The molecule has 0 saturated carbocycles. The van der Waals surface area contributed by atoms with Gasteiger partial charge >= 0.3 is 0 Å². The number of hydrogen-bond acceptors (Lipinski definition) is 0. The van der Waals surface area contributed by atoms with Crippen LogP contribution in [0.5, 0.6) is 0 Å². The van der Waals surface area contributed by atoms with Gasteiger partial charge in [-0.2, -0.15) is 0 Å². The van der Waals surface area contributed by atoms with Gasteiger partial charge in [0.1, 0.15) is 0 Å². The van der Waals surface area contributed by atoms with Crippen molar-refractivity contribution < 1.29 is 0 Å². The Morgan fingerprint density at radius 1 is 0.857 bits per heavy atom. The lowest BCUT2D eigenvalue weighted by Crippen LogP contribution is -1.91. The van der Waals surface area contributed by atoms with Crippen LogP contribution < -0.4 is 0 Å². The van der Waals surface area contributed by atoms with E-state index in [1.54, 1.807) is 0 Å². The molecule has 0 unspecified atom stereocenters. The van der Waals surface area contributed by atoms with Gasteiger partial charge in [-0.05, 0) is 41.7 Å². The normalized spacial score (nSPS) is 12.3. The Labute approximate surface area is 128 Å². The average molecular weight is 274 g/mol. The molecule has 0 bridgehead atoms. The fourth-order valence-electron chi connectivity index (χ4n) is 2.33. The lowest BCUT2D eigenvalue weighted by molar-refractivity contribution is 1.13. The zero-order valence-corrected chi connectivity index (χ0v) is 12.8. The van der Waals surface area contributed by atoms with Crippen LogP contribution in [0.2, 0.25) is 0 Å². The fourth-order valence-corrected chi connectivity index (χ4v) is 2.33. The third-order valence-corrected chi connectivity index (χ3v) is 3.44. The predicted octanol–water partition coefficient (Wildman–Crippen LogP) is 6.14. The monoisotopic (exact) mass is 274 g/mol. The maximum atomic E-state index is 4.15. The van der Waals surface area contributed by atoms with Gasteiger partial charge in [-0.1, -0.05) is 85.8 Å². The SMILES string of the molecule is C=C(C)C(=C/c1ccccc1)/C(=C/c1ccccc1)CC. The number of rotatable bonds is 5. The molecule has 2 aromatic rings. The van der Waals surface area contributed by atoms with Crippen molar-refractivity contribution in [3.63, 3.8) is 0 Å². The summed E-state index contributed by atoms with van der Waals surface area (Å²) in [4.78, 5) is 0. The van der Waals surface area contributed by atoms with Gasteiger partial charge in [0.15, 0.2) is 0 Å². The summed E-state index contributed by atoms with van der Waals surface area (Å²) in [7, 11) is 0. The highest BCUT2D eigenvalue weighted by Gasteiger charge is 2.05. The molecule has 0 aliphatic carbocycles. The van der Waals surface area contributed by atoms with Crippen molar-refractivity contribution in [2.45, 2.75) is 20.3 Å². The van der Waals surface area contributed by atoms with E-state index in [9.17, 15) is 0 Å². The summed E-state index contributed by atoms with van der Waals surface area (Å²) >= 11 is 0. The highest BCUT2D eigenvalue weighted by atomic mass is 14.1. The zero-order valence-electron chi connectivity index (χ0n) is 12.8. The first kappa shape index (κ1) is 15.1. The van der Waals surface area contributed by atoms with Crippen LogP contribution in [0, 0.1) is 0 Å². The summed E-state index contributed by atoms with van der Waals surface area (Å²) in [6, 6.07) is 20.9. The third-order valence-electron chi connectivity index (χ3n) is 3.44. The van der Waals surface area contributed by atoms with Crippen molar-refractivity contribution in [3.8, 4) is 0 Å². The molecule has 0 heteroatoms. The van der Waals surface area contributed by atoms with Crippen molar-refractivity contribution in [2.75, 3.05) is 0 Å². The quantitative estimate of drug-likeness (QED) is 0.574. The van der Waals surface area contributed by atoms with Gasteiger partial charge in [0.25, 0.3) is 0 Å². The second-order valence-electron chi connectivity index (χ2n) is 5.18. The van der Waals surface area contributed by atoms with Gasteiger partial charge in [0.05, 0.1) is 0 Å². The van der Waals surface area contributed by atoms with E-state index in [-0.39, 0.29) is 0 Å². The minimum absolute atomic E-state index is 0.987. The minimum atomic E-state index is 0.987. The maximum Gasteiger partial charge on any atom is -0.0195 e. The Balaban J connectivity index is 2.43.